The molecule has 0 amide bonds. The zero-order chi connectivity index (χ0) is 43.7. The van der Waals surface area contributed by atoms with E-state index >= 15 is 0 Å². The molecule has 3 aliphatic rings. The molecule has 0 unspecified atom stereocenters. The molecule has 0 fully saturated rings. The third kappa shape index (κ3) is 5.47. The van der Waals surface area contributed by atoms with Crippen molar-refractivity contribution in [2.24, 2.45) is 10.4 Å². The summed E-state index contributed by atoms with van der Waals surface area (Å²) in [5.74, 6) is 2.51. The number of aromatic nitrogens is 2. The molecular formula is C53H61N3OS. The van der Waals surface area contributed by atoms with Crippen molar-refractivity contribution >= 4 is 38.6 Å². The molecule has 5 heteroatoms. The lowest BCUT2D eigenvalue weighted by molar-refractivity contribution is 0.203. The summed E-state index contributed by atoms with van der Waals surface area (Å²) in [5.41, 5.74) is 12.8. The van der Waals surface area contributed by atoms with E-state index in [9.17, 15) is 2.74 Å². The minimum Gasteiger partial charge on any atom is -0.457 e. The number of hydrogen-bond donors (Lipinski definition) is 0. The number of fused-ring (bicyclic) bond motifs is 8. The number of rotatable bonds is 3. The quantitative estimate of drug-likeness (QED) is 0.179. The van der Waals surface area contributed by atoms with Gasteiger partial charge < -0.3 is 4.74 Å². The summed E-state index contributed by atoms with van der Waals surface area (Å²) in [5, 5.41) is 3.30. The Hall–Kier alpha value is -4.35. The van der Waals surface area contributed by atoms with Gasteiger partial charge >= 0.3 is 0 Å². The molecule has 1 aliphatic carbocycles. The summed E-state index contributed by atoms with van der Waals surface area (Å²) in [4.78, 5) is 10.6. The van der Waals surface area contributed by atoms with E-state index in [1.165, 1.54) is 38.5 Å². The largest absolute Gasteiger partial charge is 0.457 e. The molecule has 2 atom stereocenters. The lowest BCUT2D eigenvalue weighted by Gasteiger charge is -2.46. The zero-order valence-electron chi connectivity index (χ0n) is 39.5. The average molecular weight is 790 g/mol. The van der Waals surface area contributed by atoms with Gasteiger partial charge in [-0.05, 0) is 144 Å². The number of aryl methyl sites for hydroxylation is 4. The lowest BCUT2D eigenvalue weighted by atomic mass is 9.68. The molecule has 0 N–H and O–H groups in total. The van der Waals surface area contributed by atoms with Crippen LogP contribution in [0, 0.1) is 33.1 Å². The van der Waals surface area contributed by atoms with Crippen molar-refractivity contribution < 1.29 is 7.48 Å². The molecule has 2 aromatic heterocycles. The van der Waals surface area contributed by atoms with Crippen LogP contribution in [-0.4, -0.2) is 20.1 Å². The van der Waals surface area contributed by atoms with Gasteiger partial charge in [-0.3, -0.25) is 9.56 Å². The Morgan fingerprint density at radius 2 is 1.38 bits per heavy atom. The zero-order valence-corrected chi connectivity index (χ0v) is 38.3. The summed E-state index contributed by atoms with van der Waals surface area (Å²) in [6, 6.07) is 22.5. The Morgan fingerprint density at radius 1 is 0.707 bits per heavy atom. The van der Waals surface area contributed by atoms with Gasteiger partial charge in [-0.1, -0.05) is 106 Å². The number of nitrogens with zero attached hydrogens (tertiary/aromatic N) is 3. The van der Waals surface area contributed by atoms with Crippen LogP contribution >= 0.6 is 11.8 Å². The molecule has 9 rings (SSSR count). The van der Waals surface area contributed by atoms with E-state index in [2.05, 4.69) is 169 Å². The normalized spacial score (nSPS) is 22.4. The second kappa shape index (κ2) is 12.1. The van der Waals surface area contributed by atoms with Crippen LogP contribution in [0.3, 0.4) is 0 Å². The fourth-order valence-corrected chi connectivity index (χ4v) is 11.7. The third-order valence-electron chi connectivity index (χ3n) is 13.5. The SMILES string of the molecule is [2H]C1([2H])c2cc(C)c(C)cc2[C@]2(C(C)(C)C)SC(c3cc(Oc4cc5c(cc4C)c4cc(C(C)(C)C)cc6c4n5-c4ncc(C)cc4C6(C)C)cc(C(C)(C)C)c3)=N[C@]12C. The van der Waals surface area contributed by atoms with Crippen LogP contribution in [-0.2, 0) is 27.4 Å². The highest BCUT2D eigenvalue weighted by molar-refractivity contribution is 8.15. The van der Waals surface area contributed by atoms with Gasteiger partial charge in [0, 0.05) is 42.3 Å². The summed E-state index contributed by atoms with van der Waals surface area (Å²) >= 11 is 1.74. The topological polar surface area (TPSA) is 39.4 Å². The van der Waals surface area contributed by atoms with Crippen LogP contribution in [0.2, 0.25) is 0 Å². The molecule has 0 bridgehead atoms. The van der Waals surface area contributed by atoms with E-state index in [0.717, 1.165) is 66.8 Å². The predicted octanol–water partition coefficient (Wildman–Crippen LogP) is 14.2. The molecule has 58 heavy (non-hydrogen) atoms. The molecule has 4 nitrogen and oxygen atoms in total. The lowest BCUT2D eigenvalue weighted by Crippen LogP contribution is -2.49. The average Bonchev–Trinajstić information content (AvgIpc) is 3.68. The molecule has 2 aliphatic heterocycles. The van der Waals surface area contributed by atoms with Crippen LogP contribution < -0.4 is 4.74 Å². The first-order valence-electron chi connectivity index (χ1n) is 22.0. The molecular weight excluding hydrogens is 727 g/mol. The first-order chi connectivity index (χ1) is 27.6. The van der Waals surface area contributed by atoms with Crippen LogP contribution in [0.15, 0.2) is 71.9 Å². The van der Waals surface area contributed by atoms with Crippen molar-refractivity contribution in [1.82, 2.24) is 9.55 Å². The van der Waals surface area contributed by atoms with Gasteiger partial charge in [0.1, 0.15) is 17.3 Å². The van der Waals surface area contributed by atoms with Crippen LogP contribution in [0.4, 0.5) is 0 Å². The third-order valence-corrected chi connectivity index (χ3v) is 15.6. The fraction of sp³-hybridized carbons (Fsp3) is 0.434. The van der Waals surface area contributed by atoms with Gasteiger partial charge in [0.15, 0.2) is 0 Å². The monoisotopic (exact) mass is 789 g/mol. The van der Waals surface area contributed by atoms with Gasteiger partial charge in [0.25, 0.3) is 0 Å². The standard InChI is InChI=1S/C53H61N3OS/c1-29-17-42-46(54-28-29)56-43-26-44(32(4)19-38(43)39-24-36(49(8,9)10)25-41(45(39)56)51(42,14)15)57-37-22-33(21-35(23-37)48(5,6)7)47-55-52(16)27-34-18-30(2)31(3)20-40(34)53(52,58-47)50(11,12)13/h17-26,28H,27H2,1-16H3/t52-,53-/m1/s1/i27D2. The minimum atomic E-state index is -1.67. The van der Waals surface area contributed by atoms with Crippen molar-refractivity contribution in [2.45, 2.75) is 144 Å². The van der Waals surface area contributed by atoms with E-state index in [1.54, 1.807) is 11.8 Å². The molecule has 4 heterocycles. The van der Waals surface area contributed by atoms with Crippen molar-refractivity contribution in [3.8, 4) is 17.3 Å². The maximum atomic E-state index is 9.76. The second-order valence-corrected chi connectivity index (χ2v) is 22.6. The Balaban J connectivity index is 1.23. The molecule has 0 spiro atoms. The van der Waals surface area contributed by atoms with Crippen molar-refractivity contribution in [1.29, 1.82) is 0 Å². The van der Waals surface area contributed by atoms with Crippen molar-refractivity contribution in [2.75, 3.05) is 0 Å². The first kappa shape index (κ1) is 36.7. The van der Waals surface area contributed by atoms with Gasteiger partial charge in [0.2, 0.25) is 0 Å². The van der Waals surface area contributed by atoms with Gasteiger partial charge in [-0.25, -0.2) is 4.98 Å². The fourth-order valence-electron chi connectivity index (χ4n) is 10.1. The molecule has 0 saturated carbocycles. The number of ether oxygens (including phenoxy) is 1. The van der Waals surface area contributed by atoms with Crippen LogP contribution in [0.25, 0.3) is 27.6 Å². The number of thioether (sulfide) groups is 1. The highest BCUT2D eigenvalue weighted by atomic mass is 32.2. The summed E-state index contributed by atoms with van der Waals surface area (Å²) < 4.78 is 28.4. The Morgan fingerprint density at radius 3 is 2.05 bits per heavy atom. The van der Waals surface area contributed by atoms with E-state index in [0.29, 0.717) is 0 Å². The number of aliphatic imine (C=N–C) groups is 1. The second-order valence-electron chi connectivity index (χ2n) is 21.4. The smallest absolute Gasteiger partial charge is 0.141 e. The minimum absolute atomic E-state index is 0.0249. The summed E-state index contributed by atoms with van der Waals surface area (Å²) in [7, 11) is 0. The highest BCUT2D eigenvalue weighted by Crippen LogP contribution is 2.67. The Kier molecular flexibility index (Phi) is 7.67. The first-order valence-corrected chi connectivity index (χ1v) is 21.8. The molecule has 300 valence electrons. The number of benzene rings is 4. The summed E-state index contributed by atoms with van der Waals surface area (Å²) in [6.45, 7) is 35.6. The summed E-state index contributed by atoms with van der Waals surface area (Å²) in [6.07, 6.45) is 0.312. The molecule has 0 saturated heterocycles. The van der Waals surface area contributed by atoms with Crippen molar-refractivity contribution in [3.63, 3.8) is 0 Å². The van der Waals surface area contributed by atoms with Crippen LogP contribution in [0.1, 0.15) is 147 Å². The van der Waals surface area contributed by atoms with Gasteiger partial charge in [-0.15, -0.1) is 0 Å². The molecule has 6 aromatic rings. The van der Waals surface area contributed by atoms with Gasteiger partial charge in [0.05, 0.1) is 26.4 Å². The van der Waals surface area contributed by atoms with E-state index in [1.807, 2.05) is 13.1 Å². The maximum Gasteiger partial charge on any atom is 0.141 e. The van der Waals surface area contributed by atoms with E-state index in [4.69, 9.17) is 14.7 Å². The Labute approximate surface area is 353 Å². The van der Waals surface area contributed by atoms with Crippen molar-refractivity contribution in [3.05, 3.63) is 128 Å². The van der Waals surface area contributed by atoms with Gasteiger partial charge in [-0.2, -0.15) is 0 Å². The predicted molar refractivity (Wildman–Crippen MR) is 247 cm³/mol. The molecule has 0 radical (unpaired) electrons. The number of pyridine rings is 1. The van der Waals surface area contributed by atoms with E-state index < -0.39 is 16.7 Å². The van der Waals surface area contributed by atoms with E-state index in [-0.39, 0.29) is 21.7 Å². The number of hydrogen-bond acceptors (Lipinski definition) is 4. The Bertz CT molecular complexity index is 2900. The molecule has 4 aromatic carbocycles. The maximum absolute atomic E-state index is 9.76. The van der Waals surface area contributed by atoms with Crippen LogP contribution in [0.5, 0.6) is 11.5 Å². The highest BCUT2D eigenvalue weighted by Gasteiger charge is 2.65.